The van der Waals surface area contributed by atoms with E-state index in [2.05, 4.69) is 9.97 Å². The van der Waals surface area contributed by atoms with Gasteiger partial charge in [0.05, 0.1) is 31.0 Å². The molecule has 7 nitrogen and oxygen atoms in total. The van der Waals surface area contributed by atoms with Gasteiger partial charge < -0.3 is 19.5 Å². The van der Waals surface area contributed by atoms with E-state index < -0.39 is 17.4 Å². The van der Waals surface area contributed by atoms with Crippen LogP contribution in [0.15, 0.2) is 24.5 Å². The molecule has 150 valence electrons. The first-order valence-electron chi connectivity index (χ1n) is 10.5. The summed E-state index contributed by atoms with van der Waals surface area (Å²) >= 11 is 0. The predicted octanol–water partition coefficient (Wildman–Crippen LogP) is 1.87. The Morgan fingerprint density at radius 2 is 2.14 bits per heavy atom. The molecular formula is C21H28N4O3. The molecule has 2 unspecified atom stereocenters. The number of hydrogen-bond acceptors (Lipinski definition) is 4. The van der Waals surface area contributed by atoms with Crippen LogP contribution in [0.5, 0.6) is 0 Å². The molecule has 0 aromatic carbocycles. The predicted molar refractivity (Wildman–Crippen MR) is 102 cm³/mol. The van der Waals surface area contributed by atoms with Gasteiger partial charge in [0.2, 0.25) is 11.8 Å². The molecule has 0 radical (unpaired) electrons. The maximum atomic E-state index is 13.5. The molecule has 5 rings (SSSR count). The van der Waals surface area contributed by atoms with Gasteiger partial charge in [-0.2, -0.15) is 0 Å². The fraction of sp³-hybridized carbons (Fsp3) is 0.667. The summed E-state index contributed by atoms with van der Waals surface area (Å²) in [7, 11) is 1.77. The average molecular weight is 384 g/mol. The van der Waals surface area contributed by atoms with Crippen LogP contribution in [0.2, 0.25) is 0 Å². The smallest absolute Gasteiger partial charge is 0.230 e. The third kappa shape index (κ3) is 2.70. The number of imidazole rings is 1. The van der Waals surface area contributed by atoms with E-state index in [1.807, 2.05) is 17.1 Å². The summed E-state index contributed by atoms with van der Waals surface area (Å²) < 4.78 is 6.28. The van der Waals surface area contributed by atoms with Gasteiger partial charge in [0.15, 0.2) is 0 Å². The van der Waals surface area contributed by atoms with Crippen LogP contribution in [0.25, 0.3) is 0 Å². The number of nitrogens with zero attached hydrogens (tertiary/aromatic N) is 3. The maximum Gasteiger partial charge on any atom is 0.230 e. The number of likely N-dealkylation sites (tertiary alicyclic amines) is 1. The molecule has 1 N–H and O–H groups in total. The molecule has 28 heavy (non-hydrogen) atoms. The molecule has 3 aliphatic heterocycles. The van der Waals surface area contributed by atoms with Crippen molar-refractivity contribution in [1.29, 1.82) is 0 Å². The average Bonchev–Trinajstić information content (AvgIpc) is 3.41. The van der Waals surface area contributed by atoms with E-state index in [4.69, 9.17) is 4.74 Å². The van der Waals surface area contributed by atoms with Gasteiger partial charge in [-0.15, -0.1) is 0 Å². The second kappa shape index (κ2) is 6.72. The van der Waals surface area contributed by atoms with Crippen molar-refractivity contribution < 1.29 is 14.3 Å². The molecule has 7 heteroatoms. The molecule has 4 heterocycles. The first kappa shape index (κ1) is 17.9. The molecule has 4 atom stereocenters. The largest absolute Gasteiger partial charge is 0.360 e. The highest BCUT2D eigenvalue weighted by Gasteiger charge is 2.67. The Hall–Kier alpha value is -2.15. The van der Waals surface area contributed by atoms with Gasteiger partial charge in [-0.3, -0.25) is 9.59 Å². The van der Waals surface area contributed by atoms with E-state index in [1.165, 1.54) is 25.7 Å². The first-order chi connectivity index (χ1) is 13.6. The van der Waals surface area contributed by atoms with Gasteiger partial charge in [0.1, 0.15) is 11.4 Å². The van der Waals surface area contributed by atoms with Crippen molar-refractivity contribution in [1.82, 2.24) is 19.8 Å². The molecule has 2 amide bonds. The highest BCUT2D eigenvalue weighted by Crippen LogP contribution is 2.53. The zero-order valence-electron chi connectivity index (χ0n) is 16.3. The molecule has 4 aliphatic rings. The third-order valence-electron chi connectivity index (χ3n) is 7.00. The van der Waals surface area contributed by atoms with Crippen LogP contribution < -0.4 is 0 Å². The SMILES string of the molecule is CN(Cc1ncc[nH]1)C(=O)C1C2C(=O)N(C3CCCCCC3)C[C@]23C=C[C@H]1O3. The quantitative estimate of drug-likeness (QED) is 0.635. The standard InChI is InChI=1S/C21H28N4O3/c1-24(12-16-22-10-11-23-16)19(26)17-15-8-9-21(28-15)13-25(20(27)18(17)21)14-6-4-2-3-5-7-14/h8-11,14-15,17-18H,2-7,12-13H2,1H3,(H,22,23)/t15-,17?,18?,21-/m1/s1. The molecule has 1 saturated carbocycles. The van der Waals surface area contributed by atoms with Crippen molar-refractivity contribution in [2.75, 3.05) is 13.6 Å². The lowest BCUT2D eigenvalue weighted by atomic mass is 9.76. The van der Waals surface area contributed by atoms with Crippen molar-refractivity contribution >= 4 is 11.8 Å². The zero-order valence-corrected chi connectivity index (χ0v) is 16.3. The maximum absolute atomic E-state index is 13.5. The van der Waals surface area contributed by atoms with Crippen LogP contribution in [-0.4, -0.2) is 62.9 Å². The van der Waals surface area contributed by atoms with Crippen molar-refractivity contribution in [2.45, 2.75) is 62.8 Å². The van der Waals surface area contributed by atoms with Crippen LogP contribution >= 0.6 is 0 Å². The van der Waals surface area contributed by atoms with Crippen molar-refractivity contribution in [3.05, 3.63) is 30.4 Å². The fourth-order valence-electron chi connectivity index (χ4n) is 5.63. The minimum Gasteiger partial charge on any atom is -0.360 e. The van der Waals surface area contributed by atoms with Gasteiger partial charge in [-0.25, -0.2) is 4.98 Å². The summed E-state index contributed by atoms with van der Waals surface area (Å²) in [6.07, 6.45) is 14.2. The Kier molecular flexibility index (Phi) is 4.30. The number of aromatic amines is 1. The van der Waals surface area contributed by atoms with Crippen LogP contribution in [0.1, 0.15) is 44.3 Å². The van der Waals surface area contributed by atoms with Crippen LogP contribution in [-0.2, 0) is 20.9 Å². The van der Waals surface area contributed by atoms with Gasteiger partial charge in [-0.1, -0.05) is 37.8 Å². The number of carbonyl (C=O) groups is 2. The van der Waals surface area contributed by atoms with E-state index in [-0.39, 0.29) is 17.9 Å². The van der Waals surface area contributed by atoms with Gasteiger partial charge in [0.25, 0.3) is 0 Å². The number of nitrogens with one attached hydrogen (secondary N) is 1. The summed E-state index contributed by atoms with van der Waals surface area (Å²) in [4.78, 5) is 37.7. The van der Waals surface area contributed by atoms with Gasteiger partial charge in [-0.05, 0) is 12.8 Å². The minimum atomic E-state index is -0.611. The van der Waals surface area contributed by atoms with E-state index in [0.29, 0.717) is 19.1 Å². The van der Waals surface area contributed by atoms with Crippen LogP contribution in [0, 0.1) is 11.8 Å². The van der Waals surface area contributed by atoms with E-state index in [1.54, 1.807) is 24.3 Å². The molecule has 1 aromatic rings. The Morgan fingerprint density at radius 1 is 1.36 bits per heavy atom. The normalized spacial score (nSPS) is 34.7. The topological polar surface area (TPSA) is 78.5 Å². The van der Waals surface area contributed by atoms with Crippen molar-refractivity contribution in [3.63, 3.8) is 0 Å². The molecule has 3 fully saturated rings. The second-order valence-corrected chi connectivity index (χ2v) is 8.74. The molecule has 1 aliphatic carbocycles. The van der Waals surface area contributed by atoms with Crippen LogP contribution in [0.3, 0.4) is 0 Å². The number of carbonyl (C=O) groups excluding carboxylic acids is 2. The lowest BCUT2D eigenvalue weighted by Crippen LogP contribution is -2.45. The van der Waals surface area contributed by atoms with E-state index in [0.717, 1.165) is 18.7 Å². The zero-order chi connectivity index (χ0) is 19.3. The first-order valence-corrected chi connectivity index (χ1v) is 10.5. The molecule has 2 saturated heterocycles. The highest BCUT2D eigenvalue weighted by molar-refractivity contribution is 5.93. The molecule has 1 spiro atoms. The number of H-pyrrole nitrogens is 1. The number of aromatic nitrogens is 2. The number of fused-ring (bicyclic) bond motifs is 1. The number of ether oxygens (including phenoxy) is 1. The van der Waals surface area contributed by atoms with Crippen molar-refractivity contribution in [3.8, 4) is 0 Å². The second-order valence-electron chi connectivity index (χ2n) is 8.74. The highest BCUT2D eigenvalue weighted by atomic mass is 16.5. The van der Waals surface area contributed by atoms with Gasteiger partial charge >= 0.3 is 0 Å². The summed E-state index contributed by atoms with van der Waals surface area (Å²) in [5, 5.41) is 0. The Labute approximate surface area is 165 Å². The monoisotopic (exact) mass is 384 g/mol. The number of hydrogen-bond donors (Lipinski definition) is 1. The summed E-state index contributed by atoms with van der Waals surface area (Å²) in [6.45, 7) is 0.999. The van der Waals surface area contributed by atoms with E-state index in [9.17, 15) is 9.59 Å². The minimum absolute atomic E-state index is 0.0336. The lowest BCUT2D eigenvalue weighted by Gasteiger charge is -2.30. The number of rotatable bonds is 4. The van der Waals surface area contributed by atoms with Crippen LogP contribution in [0.4, 0.5) is 0 Å². The molecular weight excluding hydrogens is 356 g/mol. The Morgan fingerprint density at radius 3 is 2.86 bits per heavy atom. The summed E-state index contributed by atoms with van der Waals surface area (Å²) in [6, 6.07) is 0.294. The lowest BCUT2D eigenvalue weighted by molar-refractivity contribution is -0.143. The Bertz CT molecular complexity index is 784. The van der Waals surface area contributed by atoms with Gasteiger partial charge in [0, 0.05) is 25.5 Å². The van der Waals surface area contributed by atoms with Crippen molar-refractivity contribution in [2.24, 2.45) is 11.8 Å². The third-order valence-corrected chi connectivity index (χ3v) is 7.00. The number of amides is 2. The molecule has 2 bridgehead atoms. The Balaban J connectivity index is 1.37. The fourth-order valence-corrected chi connectivity index (χ4v) is 5.63. The summed E-state index contributed by atoms with van der Waals surface area (Å²) in [5.74, 6) is -0.00857. The van der Waals surface area contributed by atoms with E-state index >= 15 is 0 Å². The molecule has 1 aromatic heterocycles. The summed E-state index contributed by atoms with van der Waals surface area (Å²) in [5.41, 5.74) is -0.611.